The summed E-state index contributed by atoms with van der Waals surface area (Å²) in [6, 6.07) is 12.4. The molecule has 1 aliphatic rings. The maximum absolute atomic E-state index is 12.8. The zero-order chi connectivity index (χ0) is 20.8. The van der Waals surface area contributed by atoms with Crippen LogP contribution in [0.3, 0.4) is 0 Å². The molecule has 0 saturated carbocycles. The molecule has 0 atom stereocenters. The number of ether oxygens (including phenoxy) is 3. The molecule has 29 heavy (non-hydrogen) atoms. The summed E-state index contributed by atoms with van der Waals surface area (Å²) >= 11 is 0. The van der Waals surface area contributed by atoms with Gasteiger partial charge in [-0.2, -0.15) is 0 Å². The number of hydrogen-bond donors (Lipinski definition) is 1. The van der Waals surface area contributed by atoms with Gasteiger partial charge in [0.2, 0.25) is 5.91 Å². The highest BCUT2D eigenvalue weighted by atomic mass is 16.5. The Balaban J connectivity index is 1.60. The third kappa shape index (κ3) is 4.62. The zero-order valence-corrected chi connectivity index (χ0v) is 16.9. The molecule has 2 aromatic rings. The van der Waals surface area contributed by atoms with Crippen molar-refractivity contribution >= 4 is 17.5 Å². The lowest BCUT2D eigenvalue weighted by Crippen LogP contribution is -2.41. The summed E-state index contributed by atoms with van der Waals surface area (Å²) in [5.74, 6) is 1.45. The van der Waals surface area contributed by atoms with E-state index in [-0.39, 0.29) is 17.7 Å². The van der Waals surface area contributed by atoms with Crippen molar-refractivity contribution in [2.75, 3.05) is 39.7 Å². The van der Waals surface area contributed by atoms with Gasteiger partial charge in [-0.05, 0) is 37.1 Å². The molecule has 2 aromatic carbocycles. The minimum absolute atomic E-state index is 0.0712. The number of para-hydroxylation sites is 1. The number of nitrogens with one attached hydrogen (secondary N) is 1. The number of nitrogens with zero attached hydrogens (tertiary/aromatic N) is 1. The number of carbonyl (C=O) groups excluding carboxylic acids is 2. The van der Waals surface area contributed by atoms with Crippen molar-refractivity contribution in [1.29, 1.82) is 0 Å². The van der Waals surface area contributed by atoms with E-state index in [4.69, 9.17) is 14.2 Å². The number of piperidine rings is 1. The first-order chi connectivity index (χ1) is 14.1. The van der Waals surface area contributed by atoms with Crippen molar-refractivity contribution in [3.8, 4) is 17.2 Å². The van der Waals surface area contributed by atoms with Crippen LogP contribution < -0.4 is 19.5 Å². The van der Waals surface area contributed by atoms with E-state index in [1.165, 1.54) is 0 Å². The van der Waals surface area contributed by atoms with Gasteiger partial charge in [0.05, 0.1) is 32.6 Å². The average molecular weight is 398 g/mol. The molecular formula is C22H26N2O5. The third-order valence-electron chi connectivity index (χ3n) is 5.16. The second-order valence-electron chi connectivity index (χ2n) is 6.82. The highest BCUT2D eigenvalue weighted by molar-refractivity contribution is 5.97. The molecule has 0 radical (unpaired) electrons. The van der Waals surface area contributed by atoms with E-state index in [1.54, 1.807) is 56.6 Å². The number of hydrogen-bond acceptors (Lipinski definition) is 5. The van der Waals surface area contributed by atoms with Crippen molar-refractivity contribution in [3.05, 3.63) is 48.0 Å². The Labute approximate surface area is 170 Å². The van der Waals surface area contributed by atoms with E-state index in [2.05, 4.69) is 5.32 Å². The summed E-state index contributed by atoms with van der Waals surface area (Å²) in [5.41, 5.74) is 1.15. The summed E-state index contributed by atoms with van der Waals surface area (Å²) in [6.45, 7) is 1.05. The van der Waals surface area contributed by atoms with Crippen molar-refractivity contribution in [2.45, 2.75) is 12.8 Å². The number of methoxy groups -OCH3 is 3. The predicted octanol–water partition coefficient (Wildman–Crippen LogP) is 3.20. The molecule has 3 rings (SSSR count). The Morgan fingerprint density at radius 3 is 2.28 bits per heavy atom. The predicted molar refractivity (Wildman–Crippen MR) is 110 cm³/mol. The summed E-state index contributed by atoms with van der Waals surface area (Å²) in [7, 11) is 4.68. The second kappa shape index (κ2) is 9.32. The quantitative estimate of drug-likeness (QED) is 0.809. The molecule has 1 fully saturated rings. The fraction of sp³-hybridized carbons (Fsp3) is 0.364. The van der Waals surface area contributed by atoms with Gasteiger partial charge in [0.1, 0.15) is 17.2 Å². The van der Waals surface area contributed by atoms with Gasteiger partial charge in [-0.15, -0.1) is 0 Å². The van der Waals surface area contributed by atoms with E-state index in [0.717, 1.165) is 0 Å². The Morgan fingerprint density at radius 1 is 0.931 bits per heavy atom. The molecule has 1 N–H and O–H groups in total. The van der Waals surface area contributed by atoms with E-state index in [9.17, 15) is 9.59 Å². The molecule has 0 bridgehead atoms. The van der Waals surface area contributed by atoms with Crippen LogP contribution in [0.2, 0.25) is 0 Å². The standard InChI is InChI=1S/C22H26N2O5/c1-27-16-8-9-18(20(14-16)29-3)23-21(25)15-10-12-24(13-11-15)22(26)17-6-4-5-7-19(17)28-2/h4-9,14-15H,10-13H2,1-3H3,(H,23,25). The zero-order valence-electron chi connectivity index (χ0n) is 16.9. The van der Waals surface area contributed by atoms with Gasteiger partial charge in [-0.3, -0.25) is 9.59 Å². The van der Waals surface area contributed by atoms with Gasteiger partial charge in [-0.1, -0.05) is 12.1 Å². The van der Waals surface area contributed by atoms with Gasteiger partial charge < -0.3 is 24.4 Å². The highest BCUT2D eigenvalue weighted by Gasteiger charge is 2.29. The molecule has 0 unspecified atom stereocenters. The number of amides is 2. The SMILES string of the molecule is COc1ccc(NC(=O)C2CCN(C(=O)c3ccccc3OC)CC2)c(OC)c1. The lowest BCUT2D eigenvalue weighted by atomic mass is 9.95. The topological polar surface area (TPSA) is 77.1 Å². The van der Waals surface area contributed by atoms with Gasteiger partial charge >= 0.3 is 0 Å². The van der Waals surface area contributed by atoms with Crippen LogP contribution in [0.15, 0.2) is 42.5 Å². The largest absolute Gasteiger partial charge is 0.497 e. The maximum Gasteiger partial charge on any atom is 0.257 e. The maximum atomic E-state index is 12.8. The molecule has 154 valence electrons. The van der Waals surface area contributed by atoms with Crippen molar-refractivity contribution in [2.24, 2.45) is 5.92 Å². The fourth-order valence-electron chi connectivity index (χ4n) is 3.47. The lowest BCUT2D eigenvalue weighted by Gasteiger charge is -2.31. The van der Waals surface area contributed by atoms with Gasteiger partial charge in [0, 0.05) is 25.1 Å². The minimum Gasteiger partial charge on any atom is -0.497 e. The Hall–Kier alpha value is -3.22. The molecule has 0 aromatic heterocycles. The van der Waals surface area contributed by atoms with E-state index in [0.29, 0.717) is 54.4 Å². The van der Waals surface area contributed by atoms with Crippen LogP contribution in [0.1, 0.15) is 23.2 Å². The molecule has 7 heteroatoms. The van der Waals surface area contributed by atoms with Crippen LogP contribution in [0.5, 0.6) is 17.2 Å². The van der Waals surface area contributed by atoms with Gasteiger partial charge in [0.25, 0.3) is 5.91 Å². The van der Waals surface area contributed by atoms with E-state index >= 15 is 0 Å². The summed E-state index contributed by atoms with van der Waals surface area (Å²) in [4.78, 5) is 27.3. The lowest BCUT2D eigenvalue weighted by molar-refractivity contribution is -0.121. The monoisotopic (exact) mass is 398 g/mol. The number of anilines is 1. The van der Waals surface area contributed by atoms with E-state index < -0.39 is 0 Å². The first-order valence-corrected chi connectivity index (χ1v) is 9.52. The smallest absolute Gasteiger partial charge is 0.257 e. The summed E-state index contributed by atoms with van der Waals surface area (Å²) in [6.07, 6.45) is 1.20. The minimum atomic E-state index is -0.163. The Morgan fingerprint density at radius 2 is 1.62 bits per heavy atom. The summed E-state index contributed by atoms with van der Waals surface area (Å²) in [5, 5.41) is 2.93. The molecule has 1 saturated heterocycles. The molecule has 2 amide bonds. The van der Waals surface area contributed by atoms with Crippen LogP contribution in [0.4, 0.5) is 5.69 Å². The number of rotatable bonds is 6. The highest BCUT2D eigenvalue weighted by Crippen LogP contribution is 2.30. The molecule has 0 spiro atoms. The van der Waals surface area contributed by atoms with Crippen LogP contribution in [0, 0.1) is 5.92 Å². The van der Waals surface area contributed by atoms with Gasteiger partial charge in [0.15, 0.2) is 0 Å². The molecular weight excluding hydrogens is 372 g/mol. The van der Waals surface area contributed by atoms with Crippen molar-refractivity contribution < 1.29 is 23.8 Å². The molecule has 0 aliphatic carbocycles. The Kier molecular flexibility index (Phi) is 6.59. The second-order valence-corrected chi connectivity index (χ2v) is 6.82. The molecule has 7 nitrogen and oxygen atoms in total. The van der Waals surface area contributed by atoms with Crippen LogP contribution in [-0.4, -0.2) is 51.1 Å². The fourth-order valence-corrected chi connectivity index (χ4v) is 3.47. The number of carbonyl (C=O) groups is 2. The van der Waals surface area contributed by atoms with Crippen molar-refractivity contribution in [3.63, 3.8) is 0 Å². The first-order valence-electron chi connectivity index (χ1n) is 9.52. The first kappa shape index (κ1) is 20.5. The Bertz CT molecular complexity index is 875. The number of benzene rings is 2. The van der Waals surface area contributed by atoms with E-state index in [1.807, 2.05) is 12.1 Å². The molecule has 1 heterocycles. The third-order valence-corrected chi connectivity index (χ3v) is 5.16. The van der Waals surface area contributed by atoms with Crippen LogP contribution >= 0.6 is 0 Å². The van der Waals surface area contributed by atoms with Gasteiger partial charge in [-0.25, -0.2) is 0 Å². The number of likely N-dealkylation sites (tertiary alicyclic amines) is 1. The van der Waals surface area contributed by atoms with Crippen LogP contribution in [0.25, 0.3) is 0 Å². The van der Waals surface area contributed by atoms with Crippen molar-refractivity contribution in [1.82, 2.24) is 4.90 Å². The summed E-state index contributed by atoms with van der Waals surface area (Å²) < 4.78 is 15.8. The normalized spacial score (nSPS) is 14.2. The average Bonchev–Trinajstić information content (AvgIpc) is 2.78. The molecule has 1 aliphatic heterocycles. The van der Waals surface area contributed by atoms with Crippen LogP contribution in [-0.2, 0) is 4.79 Å².